The summed E-state index contributed by atoms with van der Waals surface area (Å²) in [5.41, 5.74) is -3.00. The molecule has 0 amide bonds. The Balaban J connectivity index is 2.63. The van der Waals surface area contributed by atoms with Gasteiger partial charge in [0.15, 0.2) is 17.2 Å². The van der Waals surface area contributed by atoms with Crippen LogP contribution in [0.1, 0.15) is 40.5 Å². The molecular formula is C15H22O4. The normalized spacial score (nSPS) is 43.2. The van der Waals surface area contributed by atoms with Crippen LogP contribution in [0.2, 0.25) is 0 Å². The first-order chi connectivity index (χ1) is 8.64. The third-order valence-corrected chi connectivity index (χ3v) is 4.91. The van der Waals surface area contributed by atoms with Crippen molar-refractivity contribution in [2.24, 2.45) is 17.8 Å². The number of ketones is 2. The quantitative estimate of drug-likeness (QED) is 0.749. The van der Waals surface area contributed by atoms with E-state index in [0.29, 0.717) is 5.57 Å². The minimum Gasteiger partial charge on any atom is -0.382 e. The van der Waals surface area contributed by atoms with Gasteiger partial charge >= 0.3 is 0 Å². The van der Waals surface area contributed by atoms with Gasteiger partial charge < -0.3 is 10.2 Å². The van der Waals surface area contributed by atoms with Crippen molar-refractivity contribution < 1.29 is 19.8 Å². The van der Waals surface area contributed by atoms with E-state index in [0.717, 1.165) is 0 Å². The molecule has 1 saturated carbocycles. The van der Waals surface area contributed by atoms with Gasteiger partial charge in [-0.1, -0.05) is 20.8 Å². The third kappa shape index (κ3) is 1.73. The van der Waals surface area contributed by atoms with E-state index in [2.05, 4.69) is 0 Å². The second-order valence-corrected chi connectivity index (χ2v) is 6.41. The number of Topliss-reactive ketones (excluding diaryl/α,β-unsaturated/α-hetero) is 2. The van der Waals surface area contributed by atoms with Gasteiger partial charge in [0.1, 0.15) is 5.60 Å². The number of aliphatic hydroxyl groups is 2. The molecule has 0 aromatic rings. The minimum atomic E-state index is -1.80. The molecule has 0 aromatic carbocycles. The fraction of sp³-hybridized carbons (Fsp3) is 0.733. The maximum atomic E-state index is 12.3. The predicted molar refractivity (Wildman–Crippen MR) is 70.4 cm³/mol. The molecule has 2 aliphatic rings. The highest BCUT2D eigenvalue weighted by molar-refractivity contribution is 5.98. The molecule has 2 rings (SSSR count). The maximum absolute atomic E-state index is 12.3. The molecule has 0 radical (unpaired) electrons. The second kappa shape index (κ2) is 4.25. The molecule has 4 atom stereocenters. The molecule has 4 heteroatoms. The zero-order valence-electron chi connectivity index (χ0n) is 11.9. The number of hydrogen-bond acceptors (Lipinski definition) is 4. The summed E-state index contributed by atoms with van der Waals surface area (Å²) in [5, 5.41) is 21.8. The fourth-order valence-corrected chi connectivity index (χ4v) is 3.66. The topological polar surface area (TPSA) is 74.6 Å². The van der Waals surface area contributed by atoms with Crippen LogP contribution in [0, 0.1) is 17.8 Å². The number of carbonyl (C=O) groups excluding carboxylic acids is 2. The predicted octanol–water partition coefficient (Wildman–Crippen LogP) is 1.25. The van der Waals surface area contributed by atoms with Crippen molar-refractivity contribution in [1.29, 1.82) is 0 Å². The number of allylic oxidation sites excluding steroid dienone is 1. The van der Waals surface area contributed by atoms with Gasteiger partial charge in [0.2, 0.25) is 0 Å². The average Bonchev–Trinajstić information content (AvgIpc) is 2.30. The van der Waals surface area contributed by atoms with E-state index >= 15 is 0 Å². The van der Waals surface area contributed by atoms with Gasteiger partial charge in [-0.15, -0.1) is 0 Å². The molecule has 2 N–H and O–H groups in total. The first-order valence-electron chi connectivity index (χ1n) is 6.85. The monoisotopic (exact) mass is 266 g/mol. The van der Waals surface area contributed by atoms with Crippen LogP contribution in [0.3, 0.4) is 0 Å². The van der Waals surface area contributed by atoms with Crippen LogP contribution in [-0.2, 0) is 9.59 Å². The Labute approximate surface area is 113 Å². The van der Waals surface area contributed by atoms with Crippen molar-refractivity contribution in [1.82, 2.24) is 0 Å². The Kier molecular flexibility index (Phi) is 3.22. The molecule has 4 nitrogen and oxygen atoms in total. The lowest BCUT2D eigenvalue weighted by Gasteiger charge is -2.54. The molecule has 106 valence electrons. The molecular weight excluding hydrogens is 244 g/mol. The molecule has 0 aromatic heterocycles. The Morgan fingerprint density at radius 3 is 2.37 bits per heavy atom. The van der Waals surface area contributed by atoms with Gasteiger partial charge in [0.25, 0.3) is 0 Å². The second-order valence-electron chi connectivity index (χ2n) is 6.41. The van der Waals surface area contributed by atoms with Crippen LogP contribution in [0.25, 0.3) is 0 Å². The van der Waals surface area contributed by atoms with E-state index in [1.807, 2.05) is 6.92 Å². The van der Waals surface area contributed by atoms with E-state index in [1.54, 1.807) is 20.8 Å². The zero-order chi connectivity index (χ0) is 14.6. The maximum Gasteiger partial charge on any atom is 0.168 e. The summed E-state index contributed by atoms with van der Waals surface area (Å²) in [5.74, 6) is -1.25. The van der Waals surface area contributed by atoms with Crippen LogP contribution in [0.4, 0.5) is 0 Å². The zero-order valence-corrected chi connectivity index (χ0v) is 11.9. The summed E-state index contributed by atoms with van der Waals surface area (Å²) in [6, 6.07) is 0. The highest BCUT2D eigenvalue weighted by Gasteiger charge is 2.64. The van der Waals surface area contributed by atoms with Gasteiger partial charge in [0.05, 0.1) is 0 Å². The van der Waals surface area contributed by atoms with Gasteiger partial charge in [0, 0.05) is 18.8 Å². The van der Waals surface area contributed by atoms with Gasteiger partial charge in [-0.3, -0.25) is 9.59 Å². The lowest BCUT2D eigenvalue weighted by atomic mass is 9.54. The van der Waals surface area contributed by atoms with Crippen molar-refractivity contribution >= 4 is 11.6 Å². The summed E-state index contributed by atoms with van der Waals surface area (Å²) in [6.45, 7) is 6.93. The summed E-state index contributed by atoms with van der Waals surface area (Å²) in [7, 11) is 0. The van der Waals surface area contributed by atoms with E-state index in [4.69, 9.17) is 0 Å². The van der Waals surface area contributed by atoms with Crippen LogP contribution < -0.4 is 0 Å². The Bertz CT molecular complexity index is 465. The molecule has 0 unspecified atom stereocenters. The Hall–Kier alpha value is -1.00. The molecule has 0 saturated heterocycles. The van der Waals surface area contributed by atoms with Crippen molar-refractivity contribution in [3.8, 4) is 0 Å². The smallest absolute Gasteiger partial charge is 0.168 e. The standard InChI is InChI=1S/C15H22O4/c1-8(2)15(19)13(17)5-9(3)11-6-12(16)10(4)7-14(11,15)18/h7-9,11,18-19H,5-6H2,1-4H3/t9-,11+,14-,15+/m1/s1. The molecule has 0 bridgehead atoms. The van der Waals surface area contributed by atoms with Crippen molar-refractivity contribution in [2.45, 2.75) is 51.7 Å². The average molecular weight is 266 g/mol. The highest BCUT2D eigenvalue weighted by Crippen LogP contribution is 2.50. The molecule has 0 heterocycles. The summed E-state index contributed by atoms with van der Waals surface area (Å²) in [6.07, 6.45) is 1.82. The largest absolute Gasteiger partial charge is 0.382 e. The minimum absolute atomic E-state index is 0.0121. The third-order valence-electron chi connectivity index (χ3n) is 4.91. The summed E-state index contributed by atoms with van der Waals surface area (Å²) in [4.78, 5) is 24.1. The molecule has 19 heavy (non-hydrogen) atoms. The van der Waals surface area contributed by atoms with Crippen LogP contribution in [0.15, 0.2) is 11.6 Å². The van der Waals surface area contributed by atoms with Gasteiger partial charge in [-0.2, -0.15) is 0 Å². The Morgan fingerprint density at radius 1 is 1.26 bits per heavy atom. The number of carbonyl (C=O) groups is 2. The van der Waals surface area contributed by atoms with Crippen LogP contribution >= 0.6 is 0 Å². The summed E-state index contributed by atoms with van der Waals surface area (Å²) >= 11 is 0. The fourth-order valence-electron chi connectivity index (χ4n) is 3.66. The van der Waals surface area contributed by atoms with E-state index < -0.39 is 23.0 Å². The lowest BCUT2D eigenvalue weighted by Crippen LogP contribution is -2.70. The molecule has 2 aliphatic carbocycles. The molecule has 1 fully saturated rings. The van der Waals surface area contributed by atoms with E-state index in [1.165, 1.54) is 6.08 Å². The summed E-state index contributed by atoms with van der Waals surface area (Å²) < 4.78 is 0. The Morgan fingerprint density at radius 2 is 1.84 bits per heavy atom. The van der Waals surface area contributed by atoms with E-state index in [9.17, 15) is 19.8 Å². The van der Waals surface area contributed by atoms with Gasteiger partial charge in [-0.25, -0.2) is 0 Å². The van der Waals surface area contributed by atoms with E-state index in [-0.39, 0.29) is 30.3 Å². The van der Waals surface area contributed by atoms with Crippen molar-refractivity contribution in [3.05, 3.63) is 11.6 Å². The lowest BCUT2D eigenvalue weighted by molar-refractivity contribution is -0.208. The number of rotatable bonds is 1. The SMILES string of the molecule is CC1=C[C@@]2(O)[C@@H](CC1=O)[C@H](C)CC(=O)[C@@]2(O)C(C)C. The number of hydrogen-bond donors (Lipinski definition) is 2. The van der Waals surface area contributed by atoms with Crippen molar-refractivity contribution in [2.75, 3.05) is 0 Å². The molecule has 0 aliphatic heterocycles. The molecule has 0 spiro atoms. The van der Waals surface area contributed by atoms with Crippen LogP contribution in [-0.4, -0.2) is 33.0 Å². The number of fused-ring (bicyclic) bond motifs is 1. The first kappa shape index (κ1) is 14.4. The van der Waals surface area contributed by atoms with Gasteiger partial charge in [-0.05, 0) is 30.4 Å². The van der Waals surface area contributed by atoms with Crippen LogP contribution in [0.5, 0.6) is 0 Å². The highest BCUT2D eigenvalue weighted by atomic mass is 16.4. The van der Waals surface area contributed by atoms with Crippen molar-refractivity contribution in [3.63, 3.8) is 0 Å². The first-order valence-corrected chi connectivity index (χ1v) is 6.85.